The van der Waals surface area contributed by atoms with Gasteiger partial charge in [0.1, 0.15) is 6.54 Å². The lowest BCUT2D eigenvalue weighted by Gasteiger charge is -2.15. The zero-order valence-corrected chi connectivity index (χ0v) is 11.5. The monoisotopic (exact) mass is 290 g/mol. The van der Waals surface area contributed by atoms with Gasteiger partial charge in [-0.15, -0.1) is 0 Å². The summed E-state index contributed by atoms with van der Waals surface area (Å²) in [6.07, 6.45) is 0. The number of aryl methyl sites for hydroxylation is 1. The van der Waals surface area contributed by atoms with E-state index in [1.165, 1.54) is 7.05 Å². The predicted molar refractivity (Wildman–Crippen MR) is 74.1 cm³/mol. The Morgan fingerprint density at radius 1 is 1.24 bits per heavy atom. The Kier molecular flexibility index (Phi) is 3.62. The molecule has 0 spiro atoms. The van der Waals surface area contributed by atoms with E-state index in [0.717, 1.165) is 5.56 Å². The number of rotatable bonds is 3. The fraction of sp³-hybridized carbons (Fsp3) is 0.231. The quantitative estimate of drug-likeness (QED) is 0.460. The van der Waals surface area contributed by atoms with Gasteiger partial charge in [-0.25, -0.2) is 9.69 Å². The number of nitrogens with one attached hydrogen (secondary N) is 1. The Balaban J connectivity index is 2.11. The van der Waals surface area contributed by atoms with Gasteiger partial charge >= 0.3 is 17.8 Å². The van der Waals surface area contributed by atoms with Crippen molar-refractivity contribution in [1.29, 1.82) is 0 Å². The zero-order valence-electron chi connectivity index (χ0n) is 11.5. The van der Waals surface area contributed by atoms with Crippen molar-refractivity contribution in [1.82, 2.24) is 9.80 Å². The first-order valence-corrected chi connectivity index (χ1v) is 6.11. The summed E-state index contributed by atoms with van der Waals surface area (Å²) >= 11 is 0. The fourth-order valence-electron chi connectivity index (χ4n) is 1.94. The van der Waals surface area contributed by atoms with E-state index in [1.807, 2.05) is 0 Å². The molecule has 21 heavy (non-hydrogen) atoms. The molecule has 1 fully saturated rings. The Morgan fingerprint density at radius 2 is 1.90 bits per heavy atom. The van der Waals surface area contributed by atoms with E-state index >= 15 is 0 Å². The molecule has 2 rings (SSSR count). The van der Waals surface area contributed by atoms with Crippen LogP contribution >= 0.6 is 0 Å². The molecule has 0 saturated carbocycles. The van der Waals surface area contributed by atoms with E-state index in [4.69, 9.17) is 5.73 Å². The first-order valence-electron chi connectivity index (χ1n) is 6.11. The summed E-state index contributed by atoms with van der Waals surface area (Å²) in [5, 5.41) is 2.54. The van der Waals surface area contributed by atoms with Gasteiger partial charge in [-0.3, -0.25) is 19.3 Å². The molecule has 5 amide bonds. The van der Waals surface area contributed by atoms with Crippen LogP contribution < -0.4 is 11.1 Å². The van der Waals surface area contributed by atoms with E-state index < -0.39 is 30.3 Å². The lowest BCUT2D eigenvalue weighted by Crippen LogP contribution is -2.38. The smallest absolute Gasteiger partial charge is 0.334 e. The molecule has 0 bridgehead atoms. The molecule has 3 N–H and O–H groups in total. The summed E-state index contributed by atoms with van der Waals surface area (Å²) in [4.78, 5) is 47.7. The zero-order chi connectivity index (χ0) is 15.7. The molecule has 0 radical (unpaired) electrons. The molecule has 110 valence electrons. The highest BCUT2D eigenvalue weighted by Crippen LogP contribution is 2.22. The Morgan fingerprint density at radius 3 is 2.43 bits per heavy atom. The largest absolute Gasteiger partial charge is 0.397 e. The van der Waals surface area contributed by atoms with Crippen LogP contribution in [0.2, 0.25) is 0 Å². The summed E-state index contributed by atoms with van der Waals surface area (Å²) in [6, 6.07) is 4.29. The van der Waals surface area contributed by atoms with Crippen molar-refractivity contribution in [3.63, 3.8) is 0 Å². The third kappa shape index (κ3) is 2.55. The van der Waals surface area contributed by atoms with Gasteiger partial charge < -0.3 is 11.1 Å². The number of hydrogen-bond acceptors (Lipinski definition) is 5. The van der Waals surface area contributed by atoms with Crippen LogP contribution in [0.4, 0.5) is 16.2 Å². The van der Waals surface area contributed by atoms with Gasteiger partial charge in [0.25, 0.3) is 0 Å². The molecule has 8 heteroatoms. The molecule has 1 aliphatic heterocycles. The number of imide groups is 2. The summed E-state index contributed by atoms with van der Waals surface area (Å²) in [7, 11) is 1.18. The highest BCUT2D eigenvalue weighted by Gasteiger charge is 2.43. The number of nitrogen functional groups attached to an aromatic ring is 1. The van der Waals surface area contributed by atoms with Crippen LogP contribution in [-0.2, 0) is 14.4 Å². The molecular formula is C13H14N4O4. The van der Waals surface area contributed by atoms with Crippen LogP contribution in [0.3, 0.4) is 0 Å². The molecule has 0 aromatic heterocycles. The molecule has 1 heterocycles. The summed E-state index contributed by atoms with van der Waals surface area (Å²) in [5.41, 5.74) is 7.29. The number of carbonyl (C=O) groups is 4. The maximum absolute atomic E-state index is 11.9. The third-order valence-corrected chi connectivity index (χ3v) is 3.12. The minimum atomic E-state index is -1.02. The van der Waals surface area contributed by atoms with Crippen molar-refractivity contribution in [2.24, 2.45) is 0 Å². The molecular weight excluding hydrogens is 276 g/mol. The number of para-hydroxylation sites is 1. The van der Waals surface area contributed by atoms with Gasteiger partial charge in [-0.05, 0) is 18.6 Å². The first kappa shape index (κ1) is 14.5. The second-order valence-electron chi connectivity index (χ2n) is 4.63. The van der Waals surface area contributed by atoms with Crippen molar-refractivity contribution in [2.45, 2.75) is 6.92 Å². The summed E-state index contributed by atoms with van der Waals surface area (Å²) in [6.45, 7) is 1.22. The van der Waals surface area contributed by atoms with Crippen LogP contribution in [0, 0.1) is 6.92 Å². The number of hydrogen-bond donors (Lipinski definition) is 2. The molecule has 0 unspecified atom stereocenters. The standard InChI is InChI=1S/C13H14N4O4/c1-7-4-3-5-8(14)10(7)15-9(18)6-17-12(20)11(19)16(2)13(17)21/h3-5H,6,14H2,1-2H3,(H,15,18). The maximum Gasteiger partial charge on any atom is 0.334 e. The number of benzene rings is 1. The number of carbonyl (C=O) groups excluding carboxylic acids is 4. The van der Waals surface area contributed by atoms with Crippen LogP contribution in [0.1, 0.15) is 5.56 Å². The van der Waals surface area contributed by atoms with E-state index in [1.54, 1.807) is 25.1 Å². The van der Waals surface area contributed by atoms with E-state index in [9.17, 15) is 19.2 Å². The number of nitrogens with zero attached hydrogens (tertiary/aromatic N) is 2. The van der Waals surface area contributed by atoms with Crippen LogP contribution in [0.25, 0.3) is 0 Å². The molecule has 1 aromatic carbocycles. The lowest BCUT2D eigenvalue weighted by atomic mass is 10.1. The highest BCUT2D eigenvalue weighted by molar-refractivity contribution is 6.44. The summed E-state index contributed by atoms with van der Waals surface area (Å²) in [5.74, 6) is -2.58. The molecule has 0 atom stereocenters. The van der Waals surface area contributed by atoms with Gasteiger partial charge in [-0.1, -0.05) is 12.1 Å². The molecule has 1 aromatic rings. The van der Waals surface area contributed by atoms with Gasteiger partial charge in [-0.2, -0.15) is 0 Å². The average molecular weight is 290 g/mol. The topological polar surface area (TPSA) is 113 Å². The van der Waals surface area contributed by atoms with E-state index in [-0.39, 0.29) is 0 Å². The van der Waals surface area contributed by atoms with Crippen molar-refractivity contribution < 1.29 is 19.2 Å². The second kappa shape index (κ2) is 5.23. The number of nitrogens with two attached hydrogens (primary N) is 1. The predicted octanol–water partition coefficient (Wildman–Crippen LogP) is -0.0637. The number of amides is 5. The normalized spacial score (nSPS) is 14.9. The minimum Gasteiger partial charge on any atom is -0.397 e. The van der Waals surface area contributed by atoms with Gasteiger partial charge in [0, 0.05) is 7.05 Å². The first-order chi connectivity index (χ1) is 9.82. The molecule has 1 aliphatic rings. The Bertz CT molecular complexity index is 635. The van der Waals surface area contributed by atoms with Crippen LogP contribution in [0.15, 0.2) is 18.2 Å². The van der Waals surface area contributed by atoms with E-state index in [2.05, 4.69) is 5.32 Å². The third-order valence-electron chi connectivity index (χ3n) is 3.12. The molecule has 1 saturated heterocycles. The summed E-state index contributed by atoms with van der Waals surface area (Å²) < 4.78 is 0. The fourth-order valence-corrected chi connectivity index (χ4v) is 1.94. The number of likely N-dealkylation sites (N-methyl/N-ethyl adjacent to an activating group) is 1. The molecule has 8 nitrogen and oxygen atoms in total. The van der Waals surface area contributed by atoms with Gasteiger partial charge in [0.15, 0.2) is 0 Å². The number of urea groups is 1. The van der Waals surface area contributed by atoms with Crippen molar-refractivity contribution in [2.75, 3.05) is 24.6 Å². The second-order valence-corrected chi connectivity index (χ2v) is 4.63. The highest BCUT2D eigenvalue weighted by atomic mass is 16.2. The lowest BCUT2D eigenvalue weighted by molar-refractivity contribution is -0.143. The Hall–Kier alpha value is -2.90. The van der Waals surface area contributed by atoms with Gasteiger partial charge in [0.05, 0.1) is 11.4 Å². The van der Waals surface area contributed by atoms with Crippen LogP contribution in [0.5, 0.6) is 0 Å². The molecule has 0 aliphatic carbocycles. The number of anilines is 2. The van der Waals surface area contributed by atoms with Crippen molar-refractivity contribution >= 4 is 35.1 Å². The van der Waals surface area contributed by atoms with E-state index in [0.29, 0.717) is 21.2 Å². The SMILES string of the molecule is Cc1cccc(N)c1NC(=O)CN1C(=O)C(=O)N(C)C1=O. The average Bonchev–Trinajstić information content (AvgIpc) is 2.61. The maximum atomic E-state index is 11.9. The van der Waals surface area contributed by atoms with Crippen molar-refractivity contribution in [3.05, 3.63) is 23.8 Å². The Labute approximate surface area is 120 Å². The van der Waals surface area contributed by atoms with Crippen molar-refractivity contribution in [3.8, 4) is 0 Å². The van der Waals surface area contributed by atoms with Crippen LogP contribution in [-0.4, -0.2) is 47.1 Å². The minimum absolute atomic E-state index is 0.371. The van der Waals surface area contributed by atoms with Gasteiger partial charge in [0.2, 0.25) is 5.91 Å².